The summed E-state index contributed by atoms with van der Waals surface area (Å²) >= 11 is 6.54. The molecule has 1 aliphatic rings. The van der Waals surface area contributed by atoms with Crippen molar-refractivity contribution in [2.24, 2.45) is 0 Å². The molecule has 0 radical (unpaired) electrons. The first kappa shape index (κ1) is 21.0. The minimum Gasteiger partial charge on any atom is -0.378 e. The molecule has 0 amide bonds. The van der Waals surface area contributed by atoms with Crippen molar-refractivity contribution in [3.05, 3.63) is 52.3 Å². The number of sulfonamides is 1. The number of imidazole rings is 1. The van der Waals surface area contributed by atoms with E-state index < -0.39 is 10.0 Å². The van der Waals surface area contributed by atoms with Gasteiger partial charge in [-0.3, -0.25) is 4.72 Å². The summed E-state index contributed by atoms with van der Waals surface area (Å²) in [6.45, 7) is 7.24. The molecule has 160 valence electrons. The van der Waals surface area contributed by atoms with Crippen LogP contribution in [-0.2, 0) is 21.3 Å². The maximum atomic E-state index is 12.0. The summed E-state index contributed by atoms with van der Waals surface area (Å²) in [6, 6.07) is 9.89. The van der Waals surface area contributed by atoms with Crippen molar-refractivity contribution < 1.29 is 13.2 Å². The number of aryl methyl sites for hydroxylation is 2. The molecule has 0 unspecified atom stereocenters. The maximum Gasteiger partial charge on any atom is 0.229 e. The summed E-state index contributed by atoms with van der Waals surface area (Å²) in [5.41, 5.74) is 4.92. The topological polar surface area (TPSA) is 76.5 Å². The Morgan fingerprint density at radius 3 is 2.63 bits per heavy atom. The molecule has 1 N–H and O–H groups in total. The van der Waals surface area contributed by atoms with Crippen molar-refractivity contribution in [2.75, 3.05) is 42.2 Å². The number of anilines is 2. The second-order valence-corrected chi connectivity index (χ2v) is 9.75. The molecule has 2 aromatic carbocycles. The van der Waals surface area contributed by atoms with E-state index in [1.165, 1.54) is 0 Å². The maximum absolute atomic E-state index is 12.0. The van der Waals surface area contributed by atoms with Gasteiger partial charge < -0.3 is 14.2 Å². The van der Waals surface area contributed by atoms with Crippen molar-refractivity contribution in [3.8, 4) is 0 Å². The Kier molecular flexibility index (Phi) is 5.65. The van der Waals surface area contributed by atoms with Crippen molar-refractivity contribution in [3.63, 3.8) is 0 Å². The van der Waals surface area contributed by atoms with Crippen LogP contribution >= 0.6 is 11.6 Å². The Hall–Kier alpha value is -2.29. The lowest BCUT2D eigenvalue weighted by Crippen LogP contribution is -2.36. The number of ether oxygens (including phenoxy) is 1. The molecule has 1 aromatic heterocycles. The minimum absolute atomic E-state index is 0.480. The molecule has 1 fully saturated rings. The fourth-order valence-electron chi connectivity index (χ4n) is 3.81. The number of halogens is 1. The molecule has 30 heavy (non-hydrogen) atoms. The second kappa shape index (κ2) is 8.09. The molecule has 1 saturated heterocycles. The van der Waals surface area contributed by atoms with Gasteiger partial charge >= 0.3 is 0 Å². The molecule has 0 atom stereocenters. The van der Waals surface area contributed by atoms with Crippen LogP contribution in [0.3, 0.4) is 0 Å². The van der Waals surface area contributed by atoms with E-state index in [9.17, 15) is 8.42 Å². The van der Waals surface area contributed by atoms with Crippen LogP contribution < -0.4 is 9.62 Å². The van der Waals surface area contributed by atoms with Crippen LogP contribution in [0.15, 0.2) is 30.3 Å². The zero-order valence-electron chi connectivity index (χ0n) is 17.3. The summed E-state index contributed by atoms with van der Waals surface area (Å²) in [6.07, 6.45) is 1.15. The van der Waals surface area contributed by atoms with E-state index >= 15 is 0 Å². The van der Waals surface area contributed by atoms with Crippen LogP contribution in [0.5, 0.6) is 0 Å². The highest BCUT2D eigenvalue weighted by Crippen LogP contribution is 2.33. The van der Waals surface area contributed by atoms with Gasteiger partial charge in [0.1, 0.15) is 11.3 Å². The Morgan fingerprint density at radius 1 is 1.20 bits per heavy atom. The van der Waals surface area contributed by atoms with Gasteiger partial charge in [-0.1, -0.05) is 29.8 Å². The first-order chi connectivity index (χ1) is 14.2. The highest BCUT2D eigenvalue weighted by atomic mass is 35.5. The third-order valence-electron chi connectivity index (χ3n) is 5.30. The Morgan fingerprint density at radius 2 is 1.93 bits per heavy atom. The predicted octanol–water partition coefficient (Wildman–Crippen LogP) is 3.56. The normalized spacial score (nSPS) is 15.0. The van der Waals surface area contributed by atoms with Crippen molar-refractivity contribution in [2.45, 2.75) is 20.4 Å². The Balaban J connectivity index is 1.87. The van der Waals surface area contributed by atoms with Gasteiger partial charge in [0.05, 0.1) is 37.2 Å². The highest BCUT2D eigenvalue weighted by molar-refractivity contribution is 7.92. The average molecular weight is 449 g/mol. The number of benzene rings is 2. The monoisotopic (exact) mass is 448 g/mol. The van der Waals surface area contributed by atoms with Crippen LogP contribution in [-0.4, -0.2) is 50.5 Å². The molecule has 0 saturated carbocycles. The molecule has 0 spiro atoms. The Labute approximate surface area is 181 Å². The Bertz CT molecular complexity index is 1200. The van der Waals surface area contributed by atoms with E-state index in [-0.39, 0.29) is 0 Å². The lowest BCUT2D eigenvalue weighted by atomic mass is 10.1. The number of rotatable bonds is 5. The first-order valence-corrected chi connectivity index (χ1v) is 12.1. The van der Waals surface area contributed by atoms with Gasteiger partial charge in [0, 0.05) is 23.8 Å². The van der Waals surface area contributed by atoms with Crippen LogP contribution in [0.4, 0.5) is 11.4 Å². The lowest BCUT2D eigenvalue weighted by Gasteiger charge is -2.29. The molecule has 1 aliphatic heterocycles. The number of nitrogens with zero attached hydrogens (tertiary/aromatic N) is 3. The van der Waals surface area contributed by atoms with Crippen LogP contribution in [0.1, 0.15) is 17.0 Å². The van der Waals surface area contributed by atoms with Gasteiger partial charge in [-0.15, -0.1) is 0 Å². The largest absolute Gasteiger partial charge is 0.378 e. The smallest absolute Gasteiger partial charge is 0.229 e. The summed E-state index contributed by atoms with van der Waals surface area (Å²) in [4.78, 5) is 6.88. The minimum atomic E-state index is -3.45. The van der Waals surface area contributed by atoms with Gasteiger partial charge in [0.15, 0.2) is 0 Å². The number of aromatic nitrogens is 2. The van der Waals surface area contributed by atoms with Gasteiger partial charge in [0.2, 0.25) is 10.0 Å². The number of morpholine rings is 1. The van der Waals surface area contributed by atoms with Crippen molar-refractivity contribution in [1.29, 1.82) is 0 Å². The zero-order chi connectivity index (χ0) is 21.5. The fourth-order valence-corrected chi connectivity index (χ4v) is 4.55. The highest BCUT2D eigenvalue weighted by Gasteiger charge is 2.20. The van der Waals surface area contributed by atoms with Crippen LogP contribution in [0.2, 0.25) is 5.02 Å². The molecule has 3 aromatic rings. The standard InChI is InChI=1S/C21H25ClN4O3S/c1-14-5-4-6-16(20(14)22)13-26-15(2)23-21-18(24-30(3,27)28)11-17(12-19(21)26)25-7-9-29-10-8-25/h4-6,11-12,24H,7-10,13H2,1-3H3. The van der Waals surface area contributed by atoms with E-state index in [0.29, 0.717) is 31.0 Å². The van der Waals surface area contributed by atoms with Gasteiger partial charge in [0.25, 0.3) is 0 Å². The van der Waals surface area contributed by atoms with Gasteiger partial charge in [-0.2, -0.15) is 0 Å². The summed E-state index contributed by atoms with van der Waals surface area (Å²) in [7, 11) is -3.45. The summed E-state index contributed by atoms with van der Waals surface area (Å²) in [5, 5.41) is 0.734. The molecule has 9 heteroatoms. The van der Waals surface area contributed by atoms with Gasteiger partial charge in [-0.25, -0.2) is 13.4 Å². The van der Waals surface area contributed by atoms with Crippen molar-refractivity contribution >= 4 is 44.0 Å². The zero-order valence-corrected chi connectivity index (χ0v) is 18.8. The SMILES string of the molecule is Cc1cccc(Cn2c(C)nc3c(NS(C)(=O)=O)cc(N4CCOCC4)cc32)c1Cl. The van der Waals surface area contributed by atoms with E-state index in [1.807, 2.05) is 38.1 Å². The van der Waals surface area contributed by atoms with Gasteiger partial charge in [-0.05, 0) is 37.1 Å². The second-order valence-electron chi connectivity index (χ2n) is 7.63. The molecule has 4 rings (SSSR count). The third-order valence-corrected chi connectivity index (χ3v) is 6.43. The lowest BCUT2D eigenvalue weighted by molar-refractivity contribution is 0.122. The average Bonchev–Trinajstić information content (AvgIpc) is 3.01. The third kappa shape index (κ3) is 4.26. The molecule has 7 nitrogen and oxygen atoms in total. The molecule has 0 aliphatic carbocycles. The number of hydrogen-bond acceptors (Lipinski definition) is 5. The fraction of sp³-hybridized carbons (Fsp3) is 0.381. The molecular weight excluding hydrogens is 424 g/mol. The number of fused-ring (bicyclic) bond motifs is 1. The van der Waals surface area contributed by atoms with Crippen LogP contribution in [0, 0.1) is 13.8 Å². The molecule has 0 bridgehead atoms. The summed E-state index contributed by atoms with van der Waals surface area (Å²) in [5.74, 6) is 0.790. The van der Waals surface area contributed by atoms with E-state index in [1.54, 1.807) is 0 Å². The van der Waals surface area contributed by atoms with E-state index in [0.717, 1.165) is 52.5 Å². The molecule has 2 heterocycles. The summed E-state index contributed by atoms with van der Waals surface area (Å²) < 4.78 is 34.2. The quantitative estimate of drug-likeness (QED) is 0.645. The number of hydrogen-bond donors (Lipinski definition) is 1. The van der Waals surface area contributed by atoms with Crippen LogP contribution in [0.25, 0.3) is 11.0 Å². The number of nitrogens with one attached hydrogen (secondary N) is 1. The van der Waals surface area contributed by atoms with Crippen molar-refractivity contribution in [1.82, 2.24) is 9.55 Å². The van der Waals surface area contributed by atoms with E-state index in [4.69, 9.17) is 16.3 Å². The van der Waals surface area contributed by atoms with E-state index in [2.05, 4.69) is 25.2 Å². The predicted molar refractivity (Wildman–Crippen MR) is 121 cm³/mol. The molecular formula is C21H25ClN4O3S. The first-order valence-electron chi connectivity index (χ1n) is 9.78.